The summed E-state index contributed by atoms with van der Waals surface area (Å²) in [6.07, 6.45) is 6.22. The Morgan fingerprint density at radius 2 is 1.81 bits per heavy atom. The SMILES string of the molecule is O=C1CN2CC(C2)Oc2cccc(c2)Nc2cc(ccn2)-c2cnc(nc2)NCCCN1. The molecule has 32 heavy (non-hydrogen) atoms. The van der Waals surface area contributed by atoms with Crippen LogP contribution < -0.4 is 20.7 Å². The topological polar surface area (TPSA) is 104 Å². The number of benzene rings is 1. The maximum atomic E-state index is 12.1. The van der Waals surface area contributed by atoms with Crippen LogP contribution in [0.2, 0.25) is 0 Å². The van der Waals surface area contributed by atoms with Gasteiger partial charge in [0.15, 0.2) is 0 Å². The summed E-state index contributed by atoms with van der Waals surface area (Å²) >= 11 is 0. The van der Waals surface area contributed by atoms with Gasteiger partial charge in [0.1, 0.15) is 17.7 Å². The second-order valence-electron chi connectivity index (χ2n) is 7.94. The molecule has 9 nitrogen and oxygen atoms in total. The number of nitrogens with one attached hydrogen (secondary N) is 3. The van der Waals surface area contributed by atoms with E-state index in [-0.39, 0.29) is 12.0 Å². The van der Waals surface area contributed by atoms with E-state index in [2.05, 4.69) is 35.8 Å². The first kappa shape index (κ1) is 20.2. The maximum absolute atomic E-state index is 12.1. The van der Waals surface area contributed by atoms with E-state index in [9.17, 15) is 4.79 Å². The molecule has 0 spiro atoms. The van der Waals surface area contributed by atoms with E-state index in [1.54, 1.807) is 18.6 Å². The summed E-state index contributed by atoms with van der Waals surface area (Å²) in [7, 11) is 0. The fourth-order valence-electron chi connectivity index (χ4n) is 3.74. The lowest BCUT2D eigenvalue weighted by Crippen LogP contribution is -2.56. The van der Waals surface area contributed by atoms with E-state index in [1.165, 1.54) is 0 Å². The van der Waals surface area contributed by atoms with Gasteiger partial charge in [0.05, 0.1) is 6.54 Å². The molecular formula is C23H25N7O2. The van der Waals surface area contributed by atoms with Crippen molar-refractivity contribution >= 4 is 23.4 Å². The number of aromatic nitrogens is 3. The van der Waals surface area contributed by atoms with E-state index in [0.29, 0.717) is 25.6 Å². The molecule has 0 saturated carbocycles. The second-order valence-corrected chi connectivity index (χ2v) is 7.94. The van der Waals surface area contributed by atoms with Crippen molar-refractivity contribution in [2.24, 2.45) is 0 Å². The number of hydrogen-bond acceptors (Lipinski definition) is 8. The van der Waals surface area contributed by atoms with Crippen molar-refractivity contribution in [2.75, 3.05) is 43.4 Å². The van der Waals surface area contributed by atoms with Crippen LogP contribution in [0.1, 0.15) is 6.42 Å². The molecule has 5 aliphatic heterocycles. The van der Waals surface area contributed by atoms with Gasteiger partial charge in [0.25, 0.3) is 0 Å². The van der Waals surface area contributed by atoms with E-state index in [4.69, 9.17) is 4.74 Å². The van der Waals surface area contributed by atoms with E-state index < -0.39 is 0 Å². The normalized spacial score (nSPS) is 20.8. The van der Waals surface area contributed by atoms with Gasteiger partial charge in [0, 0.05) is 62.1 Å². The van der Waals surface area contributed by atoms with Crippen molar-refractivity contribution in [2.45, 2.75) is 12.5 Å². The summed E-state index contributed by atoms with van der Waals surface area (Å²) in [4.78, 5) is 27.4. The Morgan fingerprint density at radius 3 is 2.69 bits per heavy atom. The van der Waals surface area contributed by atoms with Crippen LogP contribution in [0.3, 0.4) is 0 Å². The molecule has 7 heterocycles. The molecular weight excluding hydrogens is 406 g/mol. The number of anilines is 3. The fraction of sp³-hybridized carbons (Fsp3) is 0.304. The van der Waals surface area contributed by atoms with Gasteiger partial charge in [-0.25, -0.2) is 15.0 Å². The quantitative estimate of drug-likeness (QED) is 0.498. The zero-order valence-corrected chi connectivity index (χ0v) is 17.6. The monoisotopic (exact) mass is 431 g/mol. The minimum Gasteiger partial charge on any atom is -0.488 e. The summed E-state index contributed by atoms with van der Waals surface area (Å²) in [5.74, 6) is 2.12. The molecule has 1 fully saturated rings. The number of rotatable bonds is 0. The minimum absolute atomic E-state index is 0.0334. The highest BCUT2D eigenvalue weighted by Gasteiger charge is 2.29. The zero-order valence-electron chi connectivity index (χ0n) is 17.6. The predicted molar refractivity (Wildman–Crippen MR) is 122 cm³/mol. The average molecular weight is 432 g/mol. The van der Waals surface area contributed by atoms with Crippen LogP contribution in [0.4, 0.5) is 17.5 Å². The lowest BCUT2D eigenvalue weighted by Gasteiger charge is -2.38. The molecule has 0 aliphatic carbocycles. The fourth-order valence-corrected chi connectivity index (χ4v) is 3.74. The Labute approximate surface area is 186 Å². The Morgan fingerprint density at radius 1 is 0.969 bits per heavy atom. The van der Waals surface area contributed by atoms with Crippen molar-refractivity contribution in [3.05, 3.63) is 55.0 Å². The van der Waals surface area contributed by atoms with Gasteiger partial charge < -0.3 is 20.7 Å². The first-order valence-electron chi connectivity index (χ1n) is 10.8. The van der Waals surface area contributed by atoms with Gasteiger partial charge in [-0.3, -0.25) is 9.69 Å². The predicted octanol–water partition coefficient (Wildman–Crippen LogP) is 2.28. The summed E-state index contributed by atoms with van der Waals surface area (Å²) in [5.41, 5.74) is 2.77. The molecule has 8 bridgehead atoms. The van der Waals surface area contributed by atoms with Gasteiger partial charge >= 0.3 is 0 Å². The maximum Gasteiger partial charge on any atom is 0.234 e. The van der Waals surface area contributed by atoms with Crippen LogP contribution in [-0.4, -0.2) is 64.6 Å². The van der Waals surface area contributed by atoms with Crippen LogP contribution in [0.25, 0.3) is 11.1 Å². The first-order chi connectivity index (χ1) is 15.7. The molecule has 1 aromatic carbocycles. The standard InChI is InChI=1S/C23H25N7O2/c31-22-15-30-13-20(14-30)32-19-4-1-3-18(10-19)29-21-9-16(5-8-24-21)17-11-27-23(28-12-17)26-7-2-6-25-22/h1,3-5,8-12,20H,2,6-7,13-15H2,(H,24,29)(H,25,31)(H,26,27,28). The Hall–Kier alpha value is -3.72. The molecule has 9 heteroatoms. The van der Waals surface area contributed by atoms with Crippen LogP contribution in [0.15, 0.2) is 55.0 Å². The number of hydrogen-bond donors (Lipinski definition) is 3. The largest absolute Gasteiger partial charge is 0.488 e. The molecule has 2 aromatic heterocycles. The number of pyridine rings is 1. The number of ether oxygens (including phenoxy) is 1. The summed E-state index contributed by atoms with van der Waals surface area (Å²) < 4.78 is 6.08. The van der Waals surface area contributed by atoms with Crippen molar-refractivity contribution in [1.29, 1.82) is 0 Å². The van der Waals surface area contributed by atoms with E-state index in [0.717, 1.165) is 47.9 Å². The molecule has 5 aliphatic rings. The molecule has 0 radical (unpaired) electrons. The summed E-state index contributed by atoms with van der Waals surface area (Å²) in [5, 5.41) is 9.49. The lowest BCUT2D eigenvalue weighted by atomic mass is 10.1. The van der Waals surface area contributed by atoms with Crippen molar-refractivity contribution in [3.63, 3.8) is 0 Å². The zero-order chi connectivity index (χ0) is 21.8. The molecule has 164 valence electrons. The second kappa shape index (κ2) is 9.19. The van der Waals surface area contributed by atoms with Crippen LogP contribution in [0.5, 0.6) is 5.75 Å². The summed E-state index contributed by atoms with van der Waals surface area (Å²) in [6, 6.07) is 11.7. The van der Waals surface area contributed by atoms with E-state index >= 15 is 0 Å². The third kappa shape index (κ3) is 4.94. The smallest absolute Gasteiger partial charge is 0.234 e. The van der Waals surface area contributed by atoms with Gasteiger partial charge in [-0.05, 0) is 36.2 Å². The highest BCUT2D eigenvalue weighted by molar-refractivity contribution is 5.78. The first-order valence-corrected chi connectivity index (χ1v) is 10.8. The molecule has 1 amide bonds. The minimum atomic E-state index is 0.0334. The molecule has 0 atom stereocenters. The van der Waals surface area contributed by atoms with Crippen LogP contribution >= 0.6 is 0 Å². The molecule has 0 unspecified atom stereocenters. The molecule has 1 saturated heterocycles. The van der Waals surface area contributed by atoms with Crippen molar-refractivity contribution < 1.29 is 9.53 Å². The van der Waals surface area contributed by atoms with Gasteiger partial charge in [0.2, 0.25) is 11.9 Å². The molecule has 3 aromatic rings. The van der Waals surface area contributed by atoms with E-state index in [1.807, 2.05) is 36.4 Å². The van der Waals surface area contributed by atoms with Crippen LogP contribution in [-0.2, 0) is 4.79 Å². The summed E-state index contributed by atoms with van der Waals surface area (Å²) in [6.45, 7) is 3.16. The number of nitrogens with zero attached hydrogens (tertiary/aromatic N) is 4. The van der Waals surface area contributed by atoms with Crippen molar-refractivity contribution in [1.82, 2.24) is 25.2 Å². The third-order valence-corrected chi connectivity index (χ3v) is 5.40. The van der Waals surface area contributed by atoms with Gasteiger partial charge in [-0.1, -0.05) is 6.07 Å². The lowest BCUT2D eigenvalue weighted by molar-refractivity contribution is -0.124. The Balaban J connectivity index is 1.36. The molecule has 3 N–H and O–H groups in total. The highest BCUT2D eigenvalue weighted by Crippen LogP contribution is 2.26. The number of carbonyl (C=O) groups is 1. The van der Waals surface area contributed by atoms with Gasteiger partial charge in [-0.2, -0.15) is 0 Å². The average Bonchev–Trinajstić information content (AvgIpc) is 2.78. The third-order valence-electron chi connectivity index (χ3n) is 5.40. The number of amides is 1. The highest BCUT2D eigenvalue weighted by atomic mass is 16.5. The number of carbonyl (C=O) groups excluding carboxylic acids is 1. The molecule has 8 rings (SSSR count). The Kier molecular flexibility index (Phi) is 5.80. The Bertz CT molecular complexity index is 1080. The van der Waals surface area contributed by atoms with Crippen molar-refractivity contribution in [3.8, 4) is 16.9 Å². The van der Waals surface area contributed by atoms with Gasteiger partial charge in [-0.15, -0.1) is 0 Å². The van der Waals surface area contributed by atoms with Crippen LogP contribution in [0, 0.1) is 0 Å².